The van der Waals surface area contributed by atoms with Gasteiger partial charge in [0.05, 0.1) is 18.0 Å². The number of carbonyl (C=O) groups is 1. The summed E-state index contributed by atoms with van der Waals surface area (Å²) >= 11 is 0. The number of hydrogen-bond donors (Lipinski definition) is 1. The molecule has 3 heterocycles. The predicted molar refractivity (Wildman–Crippen MR) is 123 cm³/mol. The minimum atomic E-state index is -4.84. The Bertz CT molecular complexity index is 1300. The first-order valence-electron chi connectivity index (χ1n) is 11.0. The highest BCUT2D eigenvalue weighted by molar-refractivity contribution is 7.94. The van der Waals surface area contributed by atoms with E-state index in [0.29, 0.717) is 42.8 Å². The van der Waals surface area contributed by atoms with Gasteiger partial charge >= 0.3 is 12.4 Å². The molecule has 3 aliphatic heterocycles. The van der Waals surface area contributed by atoms with Crippen molar-refractivity contribution in [2.45, 2.75) is 24.0 Å². The van der Waals surface area contributed by atoms with Crippen molar-refractivity contribution in [3.05, 3.63) is 59.2 Å². The van der Waals surface area contributed by atoms with Crippen LogP contribution in [0.2, 0.25) is 0 Å². The number of hydrazone groups is 1. The highest BCUT2D eigenvalue weighted by Gasteiger charge is 2.59. The number of anilines is 1. The van der Waals surface area contributed by atoms with Gasteiger partial charge in [0.2, 0.25) is 0 Å². The van der Waals surface area contributed by atoms with E-state index in [2.05, 4.69) is 15.2 Å². The normalized spacial score (nSPS) is 20.2. The first-order chi connectivity index (χ1) is 16.5. The summed E-state index contributed by atoms with van der Waals surface area (Å²) in [5, 5.41) is 8.24. The zero-order valence-corrected chi connectivity index (χ0v) is 19.6. The Balaban J connectivity index is 1.47. The fourth-order valence-electron chi connectivity index (χ4n) is 4.71. The lowest BCUT2D eigenvalue weighted by Crippen LogP contribution is -2.72. The molecule has 2 amide bonds. The van der Waals surface area contributed by atoms with E-state index in [9.17, 15) is 26.4 Å². The predicted octanol–water partition coefficient (Wildman–Crippen LogP) is 2.91. The van der Waals surface area contributed by atoms with Crippen LogP contribution in [0.1, 0.15) is 23.1 Å². The third kappa shape index (κ3) is 4.19. The third-order valence-corrected chi connectivity index (χ3v) is 9.31. The zero-order chi connectivity index (χ0) is 25.0. The van der Waals surface area contributed by atoms with E-state index < -0.39 is 27.0 Å². The van der Waals surface area contributed by atoms with Crippen molar-refractivity contribution >= 4 is 27.3 Å². The molecule has 5 rings (SSSR count). The summed E-state index contributed by atoms with van der Waals surface area (Å²) in [6.07, 6.45) is -3.77. The van der Waals surface area contributed by atoms with Crippen LogP contribution in [0, 0.1) is 0 Å². The molecule has 0 atom stereocenters. The van der Waals surface area contributed by atoms with Gasteiger partial charge in [0.1, 0.15) is 10.5 Å². The van der Waals surface area contributed by atoms with Gasteiger partial charge in [-0.1, -0.05) is 18.2 Å². The molecule has 12 heteroatoms. The van der Waals surface area contributed by atoms with Crippen LogP contribution < -0.4 is 15.0 Å². The zero-order valence-electron chi connectivity index (χ0n) is 18.8. The second-order valence-electron chi connectivity index (χ2n) is 8.90. The van der Waals surface area contributed by atoms with Crippen LogP contribution in [0.25, 0.3) is 0 Å². The van der Waals surface area contributed by atoms with E-state index in [4.69, 9.17) is 0 Å². The molecular formula is C23H23F3N4O4S. The molecule has 0 aromatic heterocycles. The summed E-state index contributed by atoms with van der Waals surface area (Å²) in [6, 6.07) is 10.8. The van der Waals surface area contributed by atoms with E-state index >= 15 is 0 Å². The number of carbonyl (C=O) groups excluding carboxylic acids is 1. The summed E-state index contributed by atoms with van der Waals surface area (Å²) < 4.78 is 66.1. The maximum atomic E-state index is 12.8. The van der Waals surface area contributed by atoms with Crippen molar-refractivity contribution in [3.8, 4) is 5.75 Å². The Kier molecular flexibility index (Phi) is 5.46. The van der Waals surface area contributed by atoms with E-state index in [1.807, 2.05) is 17.0 Å². The highest BCUT2D eigenvalue weighted by atomic mass is 32.2. The average Bonchev–Trinajstić information content (AvgIpc) is 2.96. The Hall–Kier alpha value is -3.28. The number of nitrogens with zero attached hydrogens (tertiary/aromatic N) is 3. The Morgan fingerprint density at radius 1 is 1.14 bits per heavy atom. The van der Waals surface area contributed by atoms with Crippen LogP contribution in [0.3, 0.4) is 0 Å². The van der Waals surface area contributed by atoms with E-state index in [1.165, 1.54) is 24.2 Å². The molecule has 0 unspecified atom stereocenters. The van der Waals surface area contributed by atoms with Crippen LogP contribution in [-0.4, -0.2) is 68.7 Å². The lowest BCUT2D eigenvalue weighted by Gasteiger charge is -2.55. The molecule has 2 saturated heterocycles. The molecule has 3 aliphatic rings. The number of benzene rings is 2. The van der Waals surface area contributed by atoms with Gasteiger partial charge in [-0.2, -0.15) is 5.10 Å². The Morgan fingerprint density at radius 2 is 1.86 bits per heavy atom. The number of sulfone groups is 1. The standard InChI is InChI=1S/C23H23F3N4O4S/c1-27-21(31)30-10-8-15-4-7-18(34-23(24,25)26)12-19(15)20(28-30)16-2-5-17(6-3-16)29-13-22(14-29)9-11-35(22,32)33/h2-7,12H,8-11,13-14H2,1H3,(H,27,31). The summed E-state index contributed by atoms with van der Waals surface area (Å²) in [7, 11) is -1.54. The maximum absolute atomic E-state index is 12.8. The van der Waals surface area contributed by atoms with Gasteiger partial charge in [-0.05, 0) is 42.7 Å². The number of ether oxygens (including phenoxy) is 1. The van der Waals surface area contributed by atoms with E-state index in [1.54, 1.807) is 18.2 Å². The lowest BCUT2D eigenvalue weighted by atomic mass is 9.93. The Morgan fingerprint density at radius 3 is 2.43 bits per heavy atom. The monoisotopic (exact) mass is 508 g/mol. The number of amides is 2. The van der Waals surface area contributed by atoms with Gasteiger partial charge in [-0.25, -0.2) is 18.2 Å². The van der Waals surface area contributed by atoms with Gasteiger partial charge in [-0.15, -0.1) is 13.2 Å². The summed E-state index contributed by atoms with van der Waals surface area (Å²) in [6.45, 7) is 1.14. The molecule has 0 radical (unpaired) electrons. The van der Waals surface area contributed by atoms with Crippen LogP contribution in [0.4, 0.5) is 23.7 Å². The highest BCUT2D eigenvalue weighted by Crippen LogP contribution is 2.43. The second kappa shape index (κ2) is 8.14. The molecule has 35 heavy (non-hydrogen) atoms. The average molecular weight is 509 g/mol. The van der Waals surface area contributed by atoms with Crippen LogP contribution in [0.15, 0.2) is 47.6 Å². The number of fused-ring (bicyclic) bond motifs is 1. The van der Waals surface area contributed by atoms with Crippen molar-refractivity contribution in [2.24, 2.45) is 5.10 Å². The first kappa shape index (κ1) is 23.5. The van der Waals surface area contributed by atoms with Crippen molar-refractivity contribution in [1.29, 1.82) is 0 Å². The van der Waals surface area contributed by atoms with Gasteiger partial charge in [0.15, 0.2) is 9.84 Å². The number of nitrogens with one attached hydrogen (secondary N) is 1. The van der Waals surface area contributed by atoms with Crippen LogP contribution in [0.5, 0.6) is 5.75 Å². The topological polar surface area (TPSA) is 91.3 Å². The lowest BCUT2D eigenvalue weighted by molar-refractivity contribution is -0.274. The van der Waals surface area contributed by atoms with Crippen molar-refractivity contribution in [1.82, 2.24) is 10.3 Å². The van der Waals surface area contributed by atoms with Gasteiger partial charge in [0.25, 0.3) is 0 Å². The SMILES string of the molecule is CNC(=O)N1CCc2ccc(OC(F)(F)F)cc2C(c2ccc(N3CC4(CCS4(=O)=O)C3)cc2)=N1. The van der Waals surface area contributed by atoms with Crippen LogP contribution >= 0.6 is 0 Å². The maximum Gasteiger partial charge on any atom is 0.573 e. The molecule has 2 aromatic rings. The molecule has 2 aromatic carbocycles. The van der Waals surface area contributed by atoms with Gasteiger partial charge < -0.3 is 15.0 Å². The number of urea groups is 1. The molecule has 1 spiro atoms. The first-order valence-corrected chi connectivity index (χ1v) is 12.7. The Labute approximate surface area is 200 Å². The number of alkyl halides is 3. The molecule has 2 fully saturated rings. The molecule has 0 saturated carbocycles. The fourth-order valence-corrected chi connectivity index (χ4v) is 6.53. The summed E-state index contributed by atoms with van der Waals surface area (Å²) in [5.74, 6) is -0.137. The molecule has 1 N–H and O–H groups in total. The molecule has 0 bridgehead atoms. The summed E-state index contributed by atoms with van der Waals surface area (Å²) in [5.41, 5.74) is 2.94. The number of hydrogen-bond acceptors (Lipinski definition) is 6. The largest absolute Gasteiger partial charge is 0.573 e. The molecular weight excluding hydrogens is 485 g/mol. The minimum absolute atomic E-state index is 0.237. The summed E-state index contributed by atoms with van der Waals surface area (Å²) in [4.78, 5) is 14.3. The molecule has 186 valence electrons. The van der Waals surface area contributed by atoms with Crippen molar-refractivity contribution in [3.63, 3.8) is 0 Å². The molecule has 8 nitrogen and oxygen atoms in total. The van der Waals surface area contributed by atoms with E-state index in [-0.39, 0.29) is 18.0 Å². The van der Waals surface area contributed by atoms with E-state index in [0.717, 1.165) is 11.3 Å². The molecule has 0 aliphatic carbocycles. The van der Waals surface area contributed by atoms with Crippen molar-refractivity contribution < 1.29 is 31.1 Å². The van der Waals surface area contributed by atoms with Gasteiger partial charge in [0, 0.05) is 37.0 Å². The fraction of sp³-hybridized carbons (Fsp3) is 0.391. The van der Waals surface area contributed by atoms with Crippen molar-refractivity contribution in [2.75, 3.05) is 37.3 Å². The third-order valence-electron chi connectivity index (χ3n) is 6.78. The minimum Gasteiger partial charge on any atom is -0.406 e. The quantitative estimate of drug-likeness (QED) is 0.689. The number of rotatable bonds is 3. The second-order valence-corrected chi connectivity index (χ2v) is 11.4. The number of halogens is 3. The smallest absolute Gasteiger partial charge is 0.406 e. The van der Waals surface area contributed by atoms with Gasteiger partial charge in [-0.3, -0.25) is 0 Å². The van der Waals surface area contributed by atoms with Crippen LogP contribution in [-0.2, 0) is 16.3 Å².